The van der Waals surface area contributed by atoms with Gasteiger partial charge in [0.1, 0.15) is 66.7 Å². The van der Waals surface area contributed by atoms with E-state index in [1.165, 1.54) is 0 Å². The minimum absolute atomic E-state index is 0.0117. The zero-order chi connectivity index (χ0) is 45.7. The quantitative estimate of drug-likeness (QED) is 0.0500. The van der Waals surface area contributed by atoms with Crippen LogP contribution in [0.1, 0.15) is 85.3 Å². The van der Waals surface area contributed by atoms with Crippen molar-refractivity contribution in [2.45, 2.75) is 119 Å². The molecule has 0 saturated carbocycles. The average Bonchev–Trinajstić information content (AvgIpc) is 3.93. The maximum atomic E-state index is 12.6. The van der Waals surface area contributed by atoms with Crippen molar-refractivity contribution in [1.29, 1.82) is 0 Å². The molecule has 0 bridgehead atoms. The predicted octanol–water partition coefficient (Wildman–Crippen LogP) is -0.0768. The Labute approximate surface area is 357 Å². The number of hydrogen-bond donors (Lipinski definition) is 6. The number of hydrogen-bond acceptors (Lipinski definition) is 15. The largest absolute Gasteiger partial charge is 0.542 e. The molecule has 2 fully saturated rings. The number of aliphatic carboxylic acids is 1. The molecule has 63 heavy (non-hydrogen) atoms. The smallest absolute Gasteiger partial charge is 0.430 e. The number of aliphatic hydroxyl groups excluding tert-OH is 4. The summed E-state index contributed by atoms with van der Waals surface area (Å²) in [6, 6.07) is 17.5. The van der Waals surface area contributed by atoms with Crippen molar-refractivity contribution in [2.75, 3.05) is 13.2 Å². The number of quaternary nitrogens is 1. The highest BCUT2D eigenvalue weighted by atomic mass is 19.4. The van der Waals surface area contributed by atoms with E-state index >= 15 is 0 Å². The number of aromatic nitrogens is 5. The number of alkyl halides is 3. The molecule has 0 radical (unpaired) electrons. The number of aliphatic hydroxyl groups is 4. The molecular formula is C41H51F3N6O13. The van der Waals surface area contributed by atoms with E-state index in [2.05, 4.69) is 21.0 Å². The Kier molecular flexibility index (Phi) is 17.7. The highest BCUT2D eigenvalue weighted by Crippen LogP contribution is 2.39. The Morgan fingerprint density at radius 1 is 0.841 bits per heavy atom. The van der Waals surface area contributed by atoms with Gasteiger partial charge in [0.05, 0.1) is 12.8 Å². The minimum Gasteiger partial charge on any atom is -0.542 e. The molecule has 2 aliphatic rings. The second-order valence-electron chi connectivity index (χ2n) is 14.9. The zero-order valence-electron chi connectivity index (χ0n) is 34.0. The summed E-state index contributed by atoms with van der Waals surface area (Å²) in [4.78, 5) is 47.5. The molecule has 344 valence electrons. The Bertz CT molecular complexity index is 2170. The number of H-pyrrole nitrogens is 1. The van der Waals surface area contributed by atoms with Gasteiger partial charge >= 0.3 is 11.9 Å². The van der Waals surface area contributed by atoms with Crippen LogP contribution in [0.3, 0.4) is 0 Å². The van der Waals surface area contributed by atoms with Crippen molar-refractivity contribution < 1.29 is 73.0 Å². The number of benzene rings is 2. The molecular weight excluding hydrogens is 841 g/mol. The zero-order valence-corrected chi connectivity index (χ0v) is 34.0. The highest BCUT2D eigenvalue weighted by molar-refractivity contribution is 6.08. The van der Waals surface area contributed by atoms with E-state index in [0.29, 0.717) is 24.3 Å². The van der Waals surface area contributed by atoms with Crippen LogP contribution in [0, 0.1) is 0 Å². The molecule has 0 unspecified atom stereocenters. The van der Waals surface area contributed by atoms with Crippen LogP contribution in [0.4, 0.5) is 13.2 Å². The molecule has 4 heterocycles. The number of carbonyl (C=O) groups excluding carboxylic acids is 2. The molecule has 0 spiro atoms. The standard InChI is InChI=1S/C39H50N6O11.C2HF3O2/c40-22-28-31(48)34(51)38(54-28)56-35(36-32(49)33(50)37(55-36)45-20-18-29(46)41-39(45)52)27-23-44(43-42-27)19-10-5-3-1-2-4-6-11-21-53-26-16-14-25(15-17-26)30(47)24-12-8-7-9-13-24;3-2(4,5)1(6)7/h7-9,12-18,20,23,28,31-38,48-51H,1-6,10-11,19,21-22,40H2,(H,41,46,52);(H,6,7)/t28-,31-,32+,33-,34-,35-,36+,37-,38+;/m1./s1. The van der Waals surface area contributed by atoms with Crippen molar-refractivity contribution in [3.63, 3.8) is 0 Å². The molecule has 0 amide bonds. The van der Waals surface area contributed by atoms with E-state index < -0.39 is 78.6 Å². The van der Waals surface area contributed by atoms with Crippen molar-refractivity contribution in [2.24, 2.45) is 0 Å². The summed E-state index contributed by atoms with van der Waals surface area (Å²) in [7, 11) is 0. The molecule has 2 aliphatic heterocycles. The van der Waals surface area contributed by atoms with Crippen LogP contribution in [0.2, 0.25) is 0 Å². The topological polar surface area (TPSA) is 288 Å². The number of unbranched alkanes of at least 4 members (excludes halogenated alkanes) is 7. The summed E-state index contributed by atoms with van der Waals surface area (Å²) in [5, 5.41) is 60.3. The number of halogens is 3. The molecule has 2 saturated heterocycles. The lowest BCUT2D eigenvalue weighted by Gasteiger charge is -2.28. The maximum Gasteiger partial charge on any atom is 0.430 e. The van der Waals surface area contributed by atoms with Gasteiger partial charge in [-0.15, -0.1) is 5.10 Å². The van der Waals surface area contributed by atoms with E-state index in [4.69, 9.17) is 28.8 Å². The lowest BCUT2D eigenvalue weighted by molar-refractivity contribution is -0.391. The first-order valence-corrected chi connectivity index (χ1v) is 20.4. The summed E-state index contributed by atoms with van der Waals surface area (Å²) in [6.07, 6.45) is -6.29. The Hall–Kier alpha value is -5.33. The van der Waals surface area contributed by atoms with Gasteiger partial charge in [-0.2, -0.15) is 13.2 Å². The average molecular weight is 893 g/mol. The number of carbonyl (C=O) groups is 2. The van der Waals surface area contributed by atoms with Crippen molar-refractivity contribution in [3.8, 4) is 5.75 Å². The highest BCUT2D eigenvalue weighted by Gasteiger charge is 2.52. The Morgan fingerprint density at radius 3 is 2.06 bits per heavy atom. The van der Waals surface area contributed by atoms with E-state index in [0.717, 1.165) is 73.9 Å². The van der Waals surface area contributed by atoms with Crippen LogP contribution in [0.5, 0.6) is 5.75 Å². The van der Waals surface area contributed by atoms with E-state index in [1.54, 1.807) is 35.1 Å². The number of carboxylic acids is 1. The summed E-state index contributed by atoms with van der Waals surface area (Å²) in [5.41, 5.74) is 3.73. The fourth-order valence-electron chi connectivity index (χ4n) is 6.96. The predicted molar refractivity (Wildman–Crippen MR) is 209 cm³/mol. The fraction of sp³-hybridized carbons (Fsp3) is 0.512. The normalized spacial score (nSPS) is 23.8. The van der Waals surface area contributed by atoms with Crippen molar-refractivity contribution >= 4 is 11.8 Å². The van der Waals surface area contributed by atoms with Crippen molar-refractivity contribution in [3.05, 3.63) is 111 Å². The Balaban J connectivity index is 0.000000985. The first-order chi connectivity index (χ1) is 30.1. The number of ether oxygens (including phenoxy) is 4. The molecule has 2 aromatic carbocycles. The molecule has 0 aliphatic carbocycles. The van der Waals surface area contributed by atoms with Crippen LogP contribution in [0.25, 0.3) is 0 Å². The van der Waals surface area contributed by atoms with Gasteiger partial charge in [0.15, 0.2) is 18.3 Å². The first kappa shape index (κ1) is 48.7. The van der Waals surface area contributed by atoms with Gasteiger partial charge in [-0.1, -0.05) is 74.1 Å². The van der Waals surface area contributed by atoms with E-state index in [1.807, 2.05) is 30.3 Å². The van der Waals surface area contributed by atoms with Crippen LogP contribution in [0.15, 0.2) is 82.6 Å². The number of aromatic amines is 1. The maximum absolute atomic E-state index is 12.6. The molecule has 6 rings (SSSR count). The van der Waals surface area contributed by atoms with Crippen LogP contribution < -0.4 is 26.8 Å². The van der Waals surface area contributed by atoms with Crippen LogP contribution >= 0.6 is 0 Å². The third kappa shape index (κ3) is 13.3. The first-order valence-electron chi connectivity index (χ1n) is 20.4. The number of nitrogens with zero attached hydrogens (tertiary/aromatic N) is 4. The summed E-state index contributed by atoms with van der Waals surface area (Å²) in [6.45, 7) is 1.33. The molecule has 8 N–H and O–H groups in total. The van der Waals surface area contributed by atoms with Gasteiger partial charge in [-0.05, 0) is 37.1 Å². The van der Waals surface area contributed by atoms with Crippen LogP contribution in [-0.4, -0.2) is 119 Å². The number of nitrogens with one attached hydrogen (secondary N) is 1. The molecule has 9 atom stereocenters. The summed E-state index contributed by atoms with van der Waals surface area (Å²) < 4.78 is 57.7. The number of carboxylic acid groups (broad SMARTS) is 1. The SMILES string of the molecule is O=C([O-])C(F)(F)F.[NH3+]C[C@H]1O[C@@H](O[C@H](c2cn(CCCCCCCCCCOc3ccc(C(=O)c4ccccc4)cc3)nn2)[C@H]2O[C@@H](n3ccc(=O)[nH]c3=O)[C@H](O)[C@@H]2O)[C@H](O)[C@@H]1O. The van der Waals surface area contributed by atoms with E-state index in [9.17, 15) is 48.0 Å². The second-order valence-corrected chi connectivity index (χ2v) is 14.9. The van der Waals surface area contributed by atoms with Gasteiger partial charge in [0.2, 0.25) is 0 Å². The van der Waals surface area contributed by atoms with Gasteiger partial charge in [-0.3, -0.25) is 23.8 Å². The van der Waals surface area contributed by atoms with Crippen molar-refractivity contribution in [1.82, 2.24) is 24.5 Å². The lowest BCUT2D eigenvalue weighted by atomic mass is 10.0. The van der Waals surface area contributed by atoms with E-state index in [-0.39, 0.29) is 18.0 Å². The number of aryl methyl sites for hydroxylation is 1. The van der Waals surface area contributed by atoms with Gasteiger partial charge in [0, 0.05) is 29.9 Å². The van der Waals surface area contributed by atoms with Gasteiger partial charge in [-0.25, -0.2) is 4.79 Å². The summed E-state index contributed by atoms with van der Waals surface area (Å²) >= 11 is 0. The van der Waals surface area contributed by atoms with Gasteiger partial charge < -0.3 is 55.0 Å². The third-order valence-electron chi connectivity index (χ3n) is 10.4. The summed E-state index contributed by atoms with van der Waals surface area (Å²) in [5.74, 6) is -2.27. The third-order valence-corrected chi connectivity index (χ3v) is 10.4. The molecule has 2 aromatic heterocycles. The van der Waals surface area contributed by atoms with Gasteiger partial charge in [0.25, 0.3) is 5.56 Å². The fourth-order valence-corrected chi connectivity index (χ4v) is 6.96. The minimum atomic E-state index is -5.19. The Morgan fingerprint density at radius 2 is 1.46 bits per heavy atom. The molecule has 19 nitrogen and oxygen atoms in total. The second kappa shape index (κ2) is 22.9. The monoisotopic (exact) mass is 892 g/mol. The molecule has 4 aromatic rings. The lowest BCUT2D eigenvalue weighted by Crippen LogP contribution is -2.58. The molecule has 22 heteroatoms. The van der Waals surface area contributed by atoms with Crippen LogP contribution in [-0.2, 0) is 25.5 Å². The number of ketones is 1. The number of rotatable bonds is 20.